The normalized spacial score (nSPS) is 10.4. The molecule has 0 heterocycles. The highest BCUT2D eigenvalue weighted by Gasteiger charge is 2.14. The fourth-order valence-corrected chi connectivity index (χ4v) is 2.60. The molecule has 0 fully saturated rings. The van der Waals surface area contributed by atoms with Gasteiger partial charge < -0.3 is 10.1 Å². The number of nitrogens with one attached hydrogen (secondary N) is 1. The summed E-state index contributed by atoms with van der Waals surface area (Å²) in [6.45, 7) is 4.24. The minimum atomic E-state index is -0.290. The first kappa shape index (κ1) is 17.7. The number of rotatable bonds is 5. The van der Waals surface area contributed by atoms with Crippen molar-refractivity contribution in [3.8, 4) is 5.75 Å². The summed E-state index contributed by atoms with van der Waals surface area (Å²) in [6.07, 6.45) is 0. The highest BCUT2D eigenvalue weighted by Crippen LogP contribution is 2.23. The van der Waals surface area contributed by atoms with Crippen LogP contribution in [0.3, 0.4) is 0 Å². The van der Waals surface area contributed by atoms with E-state index in [0.29, 0.717) is 11.3 Å². The fourth-order valence-electron chi connectivity index (χ4n) is 2.60. The molecule has 0 aliphatic rings. The Morgan fingerprint density at radius 2 is 1.69 bits per heavy atom. The van der Waals surface area contributed by atoms with Crippen molar-refractivity contribution in [3.05, 3.63) is 94.8 Å². The molecule has 3 nitrogen and oxygen atoms in total. The molecule has 0 spiro atoms. The van der Waals surface area contributed by atoms with Crippen LogP contribution in [0.25, 0.3) is 0 Å². The van der Waals surface area contributed by atoms with E-state index in [-0.39, 0.29) is 18.3 Å². The molecule has 3 aromatic rings. The van der Waals surface area contributed by atoms with E-state index in [2.05, 4.69) is 5.32 Å². The van der Waals surface area contributed by atoms with Gasteiger partial charge in [0.1, 0.15) is 18.2 Å². The lowest BCUT2D eigenvalue weighted by Gasteiger charge is -2.13. The Hall–Kier alpha value is -3.14. The van der Waals surface area contributed by atoms with Gasteiger partial charge >= 0.3 is 0 Å². The van der Waals surface area contributed by atoms with Crippen LogP contribution in [0.5, 0.6) is 5.75 Å². The summed E-state index contributed by atoms with van der Waals surface area (Å²) >= 11 is 0. The first-order chi connectivity index (χ1) is 12.5. The van der Waals surface area contributed by atoms with Crippen LogP contribution in [0.15, 0.2) is 66.7 Å². The Balaban J connectivity index is 1.76. The number of ether oxygens (including phenoxy) is 1. The van der Waals surface area contributed by atoms with Gasteiger partial charge in [-0.05, 0) is 60.9 Å². The number of benzene rings is 3. The zero-order chi connectivity index (χ0) is 18.5. The summed E-state index contributed by atoms with van der Waals surface area (Å²) < 4.78 is 18.8. The maximum Gasteiger partial charge on any atom is 0.259 e. The molecule has 0 radical (unpaired) electrons. The second-order valence-electron chi connectivity index (χ2n) is 6.11. The topological polar surface area (TPSA) is 38.3 Å². The molecular formula is C22H20FNO2. The van der Waals surface area contributed by atoms with E-state index in [1.54, 1.807) is 30.3 Å². The molecule has 0 saturated heterocycles. The molecule has 0 bridgehead atoms. The van der Waals surface area contributed by atoms with Gasteiger partial charge in [0.15, 0.2) is 0 Å². The Kier molecular flexibility index (Phi) is 5.32. The molecule has 132 valence electrons. The van der Waals surface area contributed by atoms with Crippen LogP contribution < -0.4 is 10.1 Å². The standard InChI is InChI=1S/C22H20FNO2/c1-15-6-5-8-20(16(15)2)24-22(25)19-7-3-4-9-21(19)26-14-17-10-12-18(23)13-11-17/h3-13H,14H2,1-2H3,(H,24,25). The van der Waals surface area contributed by atoms with E-state index in [1.165, 1.54) is 12.1 Å². The van der Waals surface area contributed by atoms with Crippen LogP contribution in [-0.4, -0.2) is 5.91 Å². The third-order valence-corrected chi connectivity index (χ3v) is 4.29. The summed E-state index contributed by atoms with van der Waals surface area (Å²) in [6, 6.07) is 19.0. The average molecular weight is 349 g/mol. The van der Waals surface area contributed by atoms with Crippen molar-refractivity contribution in [1.82, 2.24) is 0 Å². The van der Waals surface area contributed by atoms with E-state index < -0.39 is 0 Å². The van der Waals surface area contributed by atoms with Crippen molar-refractivity contribution in [2.45, 2.75) is 20.5 Å². The summed E-state index contributed by atoms with van der Waals surface area (Å²) in [7, 11) is 0. The Morgan fingerprint density at radius 3 is 2.46 bits per heavy atom. The SMILES string of the molecule is Cc1cccc(NC(=O)c2ccccc2OCc2ccc(F)cc2)c1C. The van der Waals surface area contributed by atoms with Crippen molar-refractivity contribution >= 4 is 11.6 Å². The zero-order valence-electron chi connectivity index (χ0n) is 14.8. The minimum absolute atomic E-state index is 0.228. The van der Waals surface area contributed by atoms with Crippen LogP contribution in [0, 0.1) is 19.7 Å². The van der Waals surface area contributed by atoms with E-state index in [0.717, 1.165) is 22.4 Å². The number of aryl methyl sites for hydroxylation is 1. The molecule has 0 aliphatic heterocycles. The van der Waals surface area contributed by atoms with E-state index in [1.807, 2.05) is 38.1 Å². The number of amides is 1. The molecule has 4 heteroatoms. The zero-order valence-corrected chi connectivity index (χ0v) is 14.8. The van der Waals surface area contributed by atoms with Gasteiger partial charge in [-0.15, -0.1) is 0 Å². The van der Waals surface area contributed by atoms with Crippen molar-refractivity contribution in [3.63, 3.8) is 0 Å². The van der Waals surface area contributed by atoms with E-state index >= 15 is 0 Å². The summed E-state index contributed by atoms with van der Waals surface area (Å²) in [4.78, 5) is 12.7. The molecule has 26 heavy (non-hydrogen) atoms. The van der Waals surface area contributed by atoms with E-state index in [4.69, 9.17) is 4.74 Å². The monoisotopic (exact) mass is 349 g/mol. The second kappa shape index (κ2) is 7.83. The number of carbonyl (C=O) groups is 1. The first-order valence-corrected chi connectivity index (χ1v) is 8.38. The van der Waals surface area contributed by atoms with Crippen molar-refractivity contribution < 1.29 is 13.9 Å². The smallest absolute Gasteiger partial charge is 0.259 e. The van der Waals surface area contributed by atoms with Crippen LogP contribution in [0.4, 0.5) is 10.1 Å². The van der Waals surface area contributed by atoms with Crippen molar-refractivity contribution in [1.29, 1.82) is 0 Å². The maximum absolute atomic E-state index is 13.0. The summed E-state index contributed by atoms with van der Waals surface area (Å²) in [5.74, 6) is -0.0323. The van der Waals surface area contributed by atoms with Gasteiger partial charge in [-0.1, -0.05) is 36.4 Å². The molecular weight excluding hydrogens is 329 g/mol. The Labute approximate surface area is 152 Å². The number of anilines is 1. The molecule has 0 aliphatic carbocycles. The van der Waals surface area contributed by atoms with Crippen LogP contribution >= 0.6 is 0 Å². The average Bonchev–Trinajstić information content (AvgIpc) is 2.65. The van der Waals surface area contributed by atoms with Crippen LogP contribution in [0.1, 0.15) is 27.0 Å². The predicted molar refractivity (Wildman–Crippen MR) is 101 cm³/mol. The predicted octanol–water partition coefficient (Wildman–Crippen LogP) is 5.27. The molecule has 0 atom stereocenters. The third kappa shape index (κ3) is 4.09. The fraction of sp³-hybridized carbons (Fsp3) is 0.136. The summed E-state index contributed by atoms with van der Waals surface area (Å²) in [5, 5.41) is 2.94. The molecule has 1 amide bonds. The summed E-state index contributed by atoms with van der Waals surface area (Å²) in [5.41, 5.74) is 4.21. The van der Waals surface area contributed by atoms with Crippen LogP contribution in [-0.2, 0) is 6.61 Å². The molecule has 0 aromatic heterocycles. The highest BCUT2D eigenvalue weighted by atomic mass is 19.1. The van der Waals surface area contributed by atoms with Gasteiger partial charge in [0.05, 0.1) is 5.56 Å². The number of hydrogen-bond donors (Lipinski definition) is 1. The maximum atomic E-state index is 13.0. The molecule has 3 rings (SSSR count). The molecule has 1 N–H and O–H groups in total. The number of para-hydroxylation sites is 1. The van der Waals surface area contributed by atoms with Crippen LogP contribution in [0.2, 0.25) is 0 Å². The van der Waals surface area contributed by atoms with E-state index in [9.17, 15) is 9.18 Å². The number of hydrogen-bond acceptors (Lipinski definition) is 2. The Morgan fingerprint density at radius 1 is 0.962 bits per heavy atom. The molecule has 0 unspecified atom stereocenters. The lowest BCUT2D eigenvalue weighted by Crippen LogP contribution is -2.14. The molecule has 3 aromatic carbocycles. The lowest BCUT2D eigenvalue weighted by molar-refractivity contribution is 0.102. The van der Waals surface area contributed by atoms with Crippen molar-refractivity contribution in [2.24, 2.45) is 0 Å². The second-order valence-corrected chi connectivity index (χ2v) is 6.11. The third-order valence-electron chi connectivity index (χ3n) is 4.29. The van der Waals surface area contributed by atoms with Gasteiger partial charge in [0.25, 0.3) is 5.91 Å². The quantitative estimate of drug-likeness (QED) is 0.681. The van der Waals surface area contributed by atoms with Gasteiger partial charge in [0.2, 0.25) is 0 Å². The van der Waals surface area contributed by atoms with Gasteiger partial charge in [-0.3, -0.25) is 4.79 Å². The number of carbonyl (C=O) groups excluding carboxylic acids is 1. The highest BCUT2D eigenvalue weighted by molar-refractivity contribution is 6.06. The van der Waals surface area contributed by atoms with Gasteiger partial charge in [-0.25, -0.2) is 4.39 Å². The number of halogens is 1. The molecule has 0 saturated carbocycles. The minimum Gasteiger partial charge on any atom is -0.488 e. The van der Waals surface area contributed by atoms with Gasteiger partial charge in [-0.2, -0.15) is 0 Å². The lowest BCUT2D eigenvalue weighted by atomic mass is 10.1. The van der Waals surface area contributed by atoms with Crippen molar-refractivity contribution in [2.75, 3.05) is 5.32 Å². The largest absolute Gasteiger partial charge is 0.488 e. The first-order valence-electron chi connectivity index (χ1n) is 8.38. The van der Waals surface area contributed by atoms with Gasteiger partial charge in [0, 0.05) is 5.69 Å². The Bertz CT molecular complexity index is 920.